The third-order valence-electron chi connectivity index (χ3n) is 1.69. The predicted octanol–water partition coefficient (Wildman–Crippen LogP) is 0.267. The Bertz CT molecular complexity index is 350. The highest BCUT2D eigenvalue weighted by Gasteiger charge is 2.26. The lowest BCUT2D eigenvalue weighted by molar-refractivity contribution is -0.374. The Morgan fingerprint density at radius 3 is 2.43 bits per heavy atom. The van der Waals surface area contributed by atoms with Crippen LogP contribution in [0.15, 0.2) is 30.3 Å². The first-order valence-corrected chi connectivity index (χ1v) is 5.08. The highest BCUT2D eigenvalue weighted by atomic mass is 127. The summed E-state index contributed by atoms with van der Waals surface area (Å²) in [5.41, 5.74) is 0.533. The molecule has 5 heteroatoms. The SMILES string of the molecule is O=C(O)C(=[NH+][O-])C(I)c1ccccc1. The topological polar surface area (TPSA) is 74.3 Å². The number of carbonyl (C=O) groups is 1. The van der Waals surface area contributed by atoms with Crippen molar-refractivity contribution in [2.45, 2.75) is 3.92 Å². The van der Waals surface area contributed by atoms with Gasteiger partial charge in [0.05, 0.1) is 0 Å². The van der Waals surface area contributed by atoms with Gasteiger partial charge >= 0.3 is 5.97 Å². The van der Waals surface area contributed by atoms with Crippen LogP contribution >= 0.6 is 22.6 Å². The monoisotopic (exact) mass is 305 g/mol. The summed E-state index contributed by atoms with van der Waals surface area (Å²) in [5.74, 6) is -1.22. The molecule has 0 aliphatic heterocycles. The zero-order valence-corrected chi connectivity index (χ0v) is 9.26. The van der Waals surface area contributed by atoms with Gasteiger partial charge in [-0.15, -0.1) is 0 Å². The van der Waals surface area contributed by atoms with Gasteiger partial charge in [0.1, 0.15) is 3.92 Å². The van der Waals surface area contributed by atoms with E-state index in [-0.39, 0.29) is 5.71 Å². The molecule has 14 heavy (non-hydrogen) atoms. The Balaban J connectivity index is 2.96. The van der Waals surface area contributed by atoms with E-state index >= 15 is 0 Å². The van der Waals surface area contributed by atoms with E-state index in [0.29, 0.717) is 0 Å². The van der Waals surface area contributed by atoms with Crippen LogP contribution < -0.4 is 5.16 Å². The molecule has 74 valence electrons. The van der Waals surface area contributed by atoms with Gasteiger partial charge in [-0.2, -0.15) is 0 Å². The largest absolute Gasteiger partial charge is 0.625 e. The molecule has 0 amide bonds. The molecule has 1 aromatic rings. The first-order valence-electron chi connectivity index (χ1n) is 3.84. The van der Waals surface area contributed by atoms with E-state index in [1.54, 1.807) is 24.3 Å². The number of hydrogen-bond acceptors (Lipinski definition) is 2. The van der Waals surface area contributed by atoms with Crippen molar-refractivity contribution in [1.29, 1.82) is 0 Å². The molecule has 0 aliphatic carbocycles. The number of benzene rings is 1. The average Bonchev–Trinajstić information content (AvgIpc) is 2.19. The standard InChI is InChI=1S/C9H8INO3/c10-7(8(11-14)9(12)13)6-4-2-1-3-5-6/h1-5,7,11H,(H-,12,13,14). The van der Waals surface area contributed by atoms with Crippen molar-refractivity contribution in [1.82, 2.24) is 0 Å². The van der Waals surface area contributed by atoms with Crippen molar-refractivity contribution in [3.05, 3.63) is 41.1 Å². The number of hydrogen-bond donors (Lipinski definition) is 2. The Kier molecular flexibility index (Phi) is 3.87. The summed E-state index contributed by atoms with van der Waals surface area (Å²) < 4.78 is -0.455. The summed E-state index contributed by atoms with van der Waals surface area (Å²) in [6.45, 7) is 0. The fourth-order valence-corrected chi connectivity index (χ4v) is 1.80. The minimum absolute atomic E-state index is 0.253. The van der Waals surface area contributed by atoms with Gasteiger partial charge in [-0.1, -0.05) is 52.9 Å². The molecular weight excluding hydrogens is 297 g/mol. The molecule has 0 fully saturated rings. The smallest absolute Gasteiger partial charge is 0.398 e. The second kappa shape index (κ2) is 4.94. The molecule has 0 aromatic heterocycles. The number of carboxylic acid groups (broad SMARTS) is 1. The summed E-state index contributed by atoms with van der Waals surface area (Å²) >= 11 is 1.90. The lowest BCUT2D eigenvalue weighted by Crippen LogP contribution is -2.68. The van der Waals surface area contributed by atoms with Gasteiger partial charge in [0.2, 0.25) is 0 Å². The Morgan fingerprint density at radius 2 is 2.00 bits per heavy atom. The van der Waals surface area contributed by atoms with E-state index in [1.807, 2.05) is 28.7 Å². The van der Waals surface area contributed by atoms with Gasteiger partial charge in [0, 0.05) is 0 Å². The Hall–Kier alpha value is -1.11. The van der Waals surface area contributed by atoms with Gasteiger partial charge in [-0.3, -0.25) is 0 Å². The Labute approximate surface area is 94.4 Å². The van der Waals surface area contributed by atoms with Gasteiger partial charge in [0.15, 0.2) is 0 Å². The van der Waals surface area contributed by atoms with Crippen LogP contribution in [0.25, 0.3) is 0 Å². The minimum atomic E-state index is -1.22. The van der Waals surface area contributed by atoms with Gasteiger partial charge in [-0.05, 0) is 5.56 Å². The molecule has 0 aliphatic rings. The quantitative estimate of drug-likeness (QED) is 0.277. The van der Waals surface area contributed by atoms with Gasteiger partial charge < -0.3 is 10.3 Å². The van der Waals surface area contributed by atoms with E-state index in [1.165, 1.54) is 5.16 Å². The zero-order valence-electron chi connectivity index (χ0n) is 7.11. The van der Waals surface area contributed by atoms with Crippen molar-refractivity contribution in [2.75, 3.05) is 0 Å². The predicted molar refractivity (Wildman–Crippen MR) is 60.2 cm³/mol. The number of rotatable bonds is 3. The summed E-state index contributed by atoms with van der Waals surface area (Å²) in [7, 11) is 0. The molecule has 0 heterocycles. The fourth-order valence-electron chi connectivity index (χ4n) is 0.992. The molecule has 4 nitrogen and oxygen atoms in total. The lowest BCUT2D eigenvalue weighted by atomic mass is 10.1. The first kappa shape index (κ1) is 11.0. The molecule has 1 aromatic carbocycles. The molecular formula is C9H8INO3. The van der Waals surface area contributed by atoms with Crippen molar-refractivity contribution < 1.29 is 15.1 Å². The van der Waals surface area contributed by atoms with Crippen LogP contribution in [0.3, 0.4) is 0 Å². The number of alkyl halides is 1. The summed E-state index contributed by atoms with van der Waals surface area (Å²) in [5, 5.41) is 20.6. The maximum atomic E-state index is 10.6. The van der Waals surface area contributed by atoms with Crippen LogP contribution in [-0.2, 0) is 4.79 Å². The maximum Gasteiger partial charge on any atom is 0.398 e. The van der Waals surface area contributed by atoms with Gasteiger partial charge in [-0.25, -0.2) is 9.95 Å². The van der Waals surface area contributed by atoms with Crippen LogP contribution in [0.1, 0.15) is 9.49 Å². The number of aliphatic carboxylic acids is 1. The number of nitrogens with one attached hydrogen (secondary N) is 1. The molecule has 0 saturated carbocycles. The zero-order chi connectivity index (χ0) is 10.6. The van der Waals surface area contributed by atoms with Crippen molar-refractivity contribution in [3.8, 4) is 0 Å². The molecule has 1 rings (SSSR count). The van der Waals surface area contributed by atoms with Gasteiger partial charge in [0.25, 0.3) is 5.71 Å². The third kappa shape index (κ3) is 2.44. The van der Waals surface area contributed by atoms with E-state index in [4.69, 9.17) is 5.11 Å². The average molecular weight is 305 g/mol. The van der Waals surface area contributed by atoms with Crippen molar-refractivity contribution in [3.63, 3.8) is 0 Å². The molecule has 0 spiro atoms. The highest BCUT2D eigenvalue weighted by Crippen LogP contribution is 2.22. The number of halogens is 1. The van der Waals surface area contributed by atoms with Crippen LogP contribution in [0.2, 0.25) is 0 Å². The third-order valence-corrected chi connectivity index (χ3v) is 3.03. The molecule has 0 saturated heterocycles. The first-order chi connectivity index (χ1) is 6.66. The maximum absolute atomic E-state index is 10.6. The highest BCUT2D eigenvalue weighted by molar-refractivity contribution is 14.1. The van der Waals surface area contributed by atoms with E-state index in [0.717, 1.165) is 5.56 Å². The second-order valence-electron chi connectivity index (χ2n) is 2.59. The normalized spacial score (nSPS) is 13.6. The second-order valence-corrected chi connectivity index (χ2v) is 3.84. The lowest BCUT2D eigenvalue weighted by Gasteiger charge is -2.05. The fraction of sp³-hybridized carbons (Fsp3) is 0.111. The van der Waals surface area contributed by atoms with E-state index in [2.05, 4.69) is 0 Å². The Morgan fingerprint density at radius 1 is 1.43 bits per heavy atom. The summed E-state index contributed by atoms with van der Waals surface area (Å²) in [4.78, 5) is 10.6. The molecule has 1 atom stereocenters. The van der Waals surface area contributed by atoms with Crippen molar-refractivity contribution >= 4 is 34.3 Å². The molecule has 0 radical (unpaired) electrons. The van der Waals surface area contributed by atoms with Crippen LogP contribution in [0, 0.1) is 5.21 Å². The summed E-state index contributed by atoms with van der Waals surface area (Å²) in [6, 6.07) is 8.98. The van der Waals surface area contributed by atoms with Crippen LogP contribution in [0.5, 0.6) is 0 Å². The minimum Gasteiger partial charge on any atom is -0.625 e. The van der Waals surface area contributed by atoms with Crippen LogP contribution in [0.4, 0.5) is 0 Å². The van der Waals surface area contributed by atoms with Crippen LogP contribution in [-0.4, -0.2) is 16.8 Å². The van der Waals surface area contributed by atoms with E-state index in [9.17, 15) is 10.0 Å². The summed E-state index contributed by atoms with van der Waals surface area (Å²) in [6.07, 6.45) is 0. The van der Waals surface area contributed by atoms with Crippen molar-refractivity contribution in [2.24, 2.45) is 0 Å². The van der Waals surface area contributed by atoms with E-state index < -0.39 is 9.89 Å². The molecule has 0 bridgehead atoms. The molecule has 1 unspecified atom stereocenters. The number of carboxylic acids is 1. The molecule has 2 N–H and O–H groups in total.